The monoisotopic (exact) mass is 442 g/mol. The van der Waals surface area contributed by atoms with Crippen molar-refractivity contribution in [2.75, 3.05) is 33.4 Å². The van der Waals surface area contributed by atoms with Gasteiger partial charge in [0.05, 0.1) is 25.7 Å². The molecule has 8 nitrogen and oxygen atoms in total. The maximum absolute atomic E-state index is 12.6. The van der Waals surface area contributed by atoms with Crippen LogP contribution in [0.3, 0.4) is 0 Å². The number of hydrogen-bond acceptors (Lipinski definition) is 7. The van der Waals surface area contributed by atoms with E-state index in [0.29, 0.717) is 37.5 Å². The summed E-state index contributed by atoms with van der Waals surface area (Å²) in [7, 11) is 1.64. The fraction of sp³-hybridized carbons (Fsp3) is 0.625. The van der Waals surface area contributed by atoms with Gasteiger partial charge >= 0.3 is 0 Å². The fourth-order valence-corrected chi connectivity index (χ4v) is 4.51. The Balaban J connectivity index is 1.19. The molecule has 1 aliphatic carbocycles. The zero-order valence-corrected chi connectivity index (χ0v) is 18.9. The number of ether oxygens (including phenoxy) is 2. The molecule has 4 rings (SSSR count). The van der Waals surface area contributed by atoms with Crippen molar-refractivity contribution in [2.24, 2.45) is 5.92 Å². The fourth-order valence-electron chi connectivity index (χ4n) is 4.51. The van der Waals surface area contributed by atoms with Crippen LogP contribution in [0.5, 0.6) is 5.75 Å². The number of rotatable bonds is 10. The molecule has 32 heavy (non-hydrogen) atoms. The van der Waals surface area contributed by atoms with E-state index in [2.05, 4.69) is 20.4 Å². The normalized spacial score (nSPS) is 19.8. The van der Waals surface area contributed by atoms with Gasteiger partial charge in [-0.25, -0.2) is 0 Å². The lowest BCUT2D eigenvalue weighted by Crippen LogP contribution is -2.43. The van der Waals surface area contributed by atoms with E-state index in [1.165, 1.54) is 25.7 Å². The molecule has 2 heterocycles. The largest absolute Gasteiger partial charge is 0.497 e. The van der Waals surface area contributed by atoms with Gasteiger partial charge in [0.2, 0.25) is 17.6 Å². The second-order valence-electron chi connectivity index (χ2n) is 8.74. The Morgan fingerprint density at radius 3 is 2.78 bits per heavy atom. The van der Waals surface area contributed by atoms with E-state index >= 15 is 0 Å². The van der Waals surface area contributed by atoms with Gasteiger partial charge in [-0.3, -0.25) is 9.69 Å². The highest BCUT2D eigenvalue weighted by molar-refractivity contribution is 5.78. The van der Waals surface area contributed by atoms with E-state index in [-0.39, 0.29) is 11.8 Å². The number of piperidine rings is 1. The number of nitrogens with one attached hydrogen (secondary N) is 1. The van der Waals surface area contributed by atoms with Gasteiger partial charge in [0.25, 0.3) is 0 Å². The number of hydrogen-bond donors (Lipinski definition) is 1. The second-order valence-corrected chi connectivity index (χ2v) is 8.74. The van der Waals surface area contributed by atoms with E-state index in [1.807, 2.05) is 24.3 Å². The van der Waals surface area contributed by atoms with Crippen molar-refractivity contribution in [1.82, 2.24) is 20.4 Å². The summed E-state index contributed by atoms with van der Waals surface area (Å²) in [6.07, 6.45) is 8.15. The van der Waals surface area contributed by atoms with Crippen molar-refractivity contribution in [3.8, 4) is 17.1 Å². The lowest BCUT2D eigenvalue weighted by Gasteiger charge is -2.30. The molecular formula is C24H34N4O4. The Hall–Kier alpha value is -2.45. The molecule has 8 heteroatoms. The summed E-state index contributed by atoms with van der Waals surface area (Å²) in [4.78, 5) is 19.4. The number of nitrogens with zero attached hydrogens (tertiary/aromatic N) is 3. The quantitative estimate of drug-likeness (QED) is 0.564. The van der Waals surface area contributed by atoms with Crippen molar-refractivity contribution < 1.29 is 18.8 Å². The Morgan fingerprint density at radius 2 is 2.00 bits per heavy atom. The summed E-state index contributed by atoms with van der Waals surface area (Å²) in [5, 5.41) is 7.19. The van der Waals surface area contributed by atoms with Gasteiger partial charge in [0.15, 0.2) is 0 Å². The highest BCUT2D eigenvalue weighted by Gasteiger charge is 2.26. The van der Waals surface area contributed by atoms with Crippen LogP contribution in [0.4, 0.5) is 0 Å². The third-order valence-corrected chi connectivity index (χ3v) is 6.33. The van der Waals surface area contributed by atoms with Crippen LogP contribution in [0.15, 0.2) is 28.8 Å². The van der Waals surface area contributed by atoms with Gasteiger partial charge in [-0.05, 0) is 62.9 Å². The van der Waals surface area contributed by atoms with Crippen LogP contribution in [-0.2, 0) is 16.1 Å². The first-order valence-corrected chi connectivity index (χ1v) is 11.8. The maximum atomic E-state index is 12.6. The summed E-state index contributed by atoms with van der Waals surface area (Å²) in [6, 6.07) is 7.57. The number of methoxy groups -OCH3 is 1. The van der Waals surface area contributed by atoms with Gasteiger partial charge < -0.3 is 19.3 Å². The molecule has 2 aliphatic rings. The minimum absolute atomic E-state index is 0.00322. The molecule has 1 amide bonds. The Morgan fingerprint density at radius 1 is 1.19 bits per heavy atom. The van der Waals surface area contributed by atoms with Crippen LogP contribution < -0.4 is 10.1 Å². The predicted octanol–water partition coefficient (Wildman–Crippen LogP) is 3.42. The molecule has 1 aliphatic heterocycles. The molecule has 1 N–H and O–H groups in total. The third-order valence-electron chi connectivity index (χ3n) is 6.33. The minimum atomic E-state index is 0.00322. The summed E-state index contributed by atoms with van der Waals surface area (Å²) in [6.45, 7) is 3.61. The van der Waals surface area contributed by atoms with Crippen LogP contribution in [0.1, 0.15) is 50.8 Å². The van der Waals surface area contributed by atoms with Crippen LogP contribution in [0.2, 0.25) is 0 Å². The minimum Gasteiger partial charge on any atom is -0.497 e. The number of benzene rings is 1. The number of carbonyl (C=O) groups excluding carboxylic acids is 1. The highest BCUT2D eigenvalue weighted by Crippen LogP contribution is 2.23. The molecule has 174 valence electrons. The summed E-state index contributed by atoms with van der Waals surface area (Å²) in [5.74, 6) is 2.06. The van der Waals surface area contributed by atoms with E-state index in [4.69, 9.17) is 14.0 Å². The summed E-state index contributed by atoms with van der Waals surface area (Å²) < 4.78 is 16.5. The predicted molar refractivity (Wildman–Crippen MR) is 120 cm³/mol. The van der Waals surface area contributed by atoms with Crippen LogP contribution >= 0.6 is 0 Å². The number of aromatic nitrogens is 2. The molecular weight excluding hydrogens is 408 g/mol. The first-order valence-electron chi connectivity index (χ1n) is 11.8. The van der Waals surface area contributed by atoms with Crippen molar-refractivity contribution in [3.05, 3.63) is 30.2 Å². The van der Waals surface area contributed by atoms with E-state index in [0.717, 1.165) is 43.7 Å². The van der Waals surface area contributed by atoms with Crippen molar-refractivity contribution in [3.63, 3.8) is 0 Å². The number of carbonyl (C=O) groups is 1. The molecule has 0 radical (unpaired) electrons. The second kappa shape index (κ2) is 11.4. The molecule has 2 aromatic rings. The van der Waals surface area contributed by atoms with Crippen LogP contribution in [0.25, 0.3) is 11.4 Å². The van der Waals surface area contributed by atoms with Gasteiger partial charge in [-0.15, -0.1) is 0 Å². The average Bonchev–Trinajstić information content (AvgIpc) is 3.51. The van der Waals surface area contributed by atoms with Gasteiger partial charge in [-0.1, -0.05) is 18.0 Å². The van der Waals surface area contributed by atoms with E-state index < -0.39 is 0 Å². The van der Waals surface area contributed by atoms with Gasteiger partial charge in [-0.2, -0.15) is 4.98 Å². The number of likely N-dealkylation sites (tertiary alicyclic amines) is 1. The standard InChI is InChI=1S/C24H34N4O4/c1-30-20-11-9-18(10-12-20)23-26-22(32-27-23)17-28-14-4-6-19(16-28)24(29)25-13-5-15-31-21-7-2-3-8-21/h9-12,19,21H,2-8,13-17H2,1H3,(H,25,29). The first-order chi connectivity index (χ1) is 15.7. The molecule has 1 saturated carbocycles. The lowest BCUT2D eigenvalue weighted by atomic mass is 9.97. The number of amides is 1. The van der Waals surface area contributed by atoms with Crippen molar-refractivity contribution in [2.45, 2.75) is 57.6 Å². The molecule has 1 aromatic heterocycles. The lowest BCUT2D eigenvalue weighted by molar-refractivity contribution is -0.126. The Kier molecular flexibility index (Phi) is 8.12. The molecule has 0 bridgehead atoms. The summed E-state index contributed by atoms with van der Waals surface area (Å²) in [5.41, 5.74) is 0.883. The van der Waals surface area contributed by atoms with Crippen LogP contribution in [0, 0.1) is 5.92 Å². The van der Waals surface area contributed by atoms with E-state index in [9.17, 15) is 4.79 Å². The third kappa shape index (κ3) is 6.29. The maximum Gasteiger partial charge on any atom is 0.241 e. The SMILES string of the molecule is COc1ccc(-c2noc(CN3CCCC(C(=O)NCCCOC4CCCC4)C3)n2)cc1. The van der Waals surface area contributed by atoms with Crippen molar-refractivity contribution >= 4 is 5.91 Å². The zero-order valence-electron chi connectivity index (χ0n) is 18.9. The van der Waals surface area contributed by atoms with Gasteiger partial charge in [0.1, 0.15) is 5.75 Å². The zero-order chi connectivity index (χ0) is 22.2. The molecule has 2 fully saturated rings. The van der Waals surface area contributed by atoms with Crippen molar-refractivity contribution in [1.29, 1.82) is 0 Å². The van der Waals surface area contributed by atoms with Gasteiger partial charge in [0, 0.05) is 25.3 Å². The Bertz CT molecular complexity index is 848. The molecule has 1 saturated heterocycles. The van der Waals surface area contributed by atoms with E-state index in [1.54, 1.807) is 7.11 Å². The van der Waals surface area contributed by atoms with Crippen LogP contribution in [-0.4, -0.2) is 60.4 Å². The summed E-state index contributed by atoms with van der Waals surface area (Å²) >= 11 is 0. The topological polar surface area (TPSA) is 89.7 Å². The molecule has 0 spiro atoms. The Labute approximate surface area is 189 Å². The molecule has 1 unspecified atom stereocenters. The first kappa shape index (κ1) is 22.7. The smallest absolute Gasteiger partial charge is 0.241 e. The molecule has 1 atom stereocenters. The average molecular weight is 443 g/mol. The molecule has 1 aromatic carbocycles. The highest BCUT2D eigenvalue weighted by atomic mass is 16.5.